The first-order chi connectivity index (χ1) is 11.7. The van der Waals surface area contributed by atoms with Gasteiger partial charge in [-0.25, -0.2) is 4.98 Å². The van der Waals surface area contributed by atoms with Gasteiger partial charge in [-0.2, -0.15) is 0 Å². The van der Waals surface area contributed by atoms with Crippen molar-refractivity contribution < 1.29 is 9.53 Å². The van der Waals surface area contributed by atoms with Crippen LogP contribution in [0.5, 0.6) is 0 Å². The van der Waals surface area contributed by atoms with Crippen LogP contribution in [0.25, 0.3) is 10.9 Å². The number of rotatable bonds is 5. The van der Waals surface area contributed by atoms with Crippen LogP contribution in [0.3, 0.4) is 0 Å². The van der Waals surface area contributed by atoms with Gasteiger partial charge in [-0.1, -0.05) is 18.2 Å². The van der Waals surface area contributed by atoms with Crippen molar-refractivity contribution in [3.63, 3.8) is 0 Å². The summed E-state index contributed by atoms with van der Waals surface area (Å²) < 4.78 is 5.44. The number of hydrogen-bond donors (Lipinski definition) is 2. The van der Waals surface area contributed by atoms with Crippen LogP contribution in [0.1, 0.15) is 42.5 Å². The lowest BCUT2D eigenvalue weighted by molar-refractivity contribution is 0.0952. The summed E-state index contributed by atoms with van der Waals surface area (Å²) in [5.74, 6) is 0.775. The number of hydrogen-bond acceptors (Lipinski definition) is 4. The first-order valence-corrected chi connectivity index (χ1v) is 8.73. The van der Waals surface area contributed by atoms with E-state index in [2.05, 4.69) is 10.6 Å². The number of amides is 1. The zero-order valence-electron chi connectivity index (χ0n) is 13.9. The lowest BCUT2D eigenvalue weighted by atomic mass is 10.1. The summed E-state index contributed by atoms with van der Waals surface area (Å²) in [6, 6.07) is 10.4. The second-order valence-corrected chi connectivity index (χ2v) is 6.83. The number of pyridine rings is 1. The number of nitrogens with zero attached hydrogens (tertiary/aromatic N) is 1. The Bertz CT molecular complexity index is 757. The minimum absolute atomic E-state index is 0.000315. The van der Waals surface area contributed by atoms with Gasteiger partial charge in [0.1, 0.15) is 5.82 Å². The number of carbonyl (C=O) groups is 1. The Labute approximate surface area is 141 Å². The molecule has 0 bridgehead atoms. The van der Waals surface area contributed by atoms with Crippen molar-refractivity contribution in [1.29, 1.82) is 0 Å². The van der Waals surface area contributed by atoms with Gasteiger partial charge in [0.15, 0.2) is 0 Å². The molecule has 24 heavy (non-hydrogen) atoms. The molecule has 5 nitrogen and oxygen atoms in total. The number of aromatic nitrogens is 1. The van der Waals surface area contributed by atoms with E-state index < -0.39 is 0 Å². The van der Waals surface area contributed by atoms with Crippen LogP contribution in [0, 0.1) is 0 Å². The largest absolute Gasteiger partial charge is 0.381 e. The number of anilines is 1. The summed E-state index contributed by atoms with van der Waals surface area (Å²) >= 11 is 0. The Morgan fingerprint density at radius 1 is 1.17 bits per heavy atom. The summed E-state index contributed by atoms with van der Waals surface area (Å²) in [6.07, 6.45) is 5.60. The molecular formula is C19H23N3O2. The minimum atomic E-state index is 0.000315. The molecule has 2 aromatic rings. The molecule has 4 rings (SSSR count). The molecule has 2 N–H and O–H groups in total. The van der Waals surface area contributed by atoms with Gasteiger partial charge in [0.05, 0.1) is 17.2 Å². The third-order valence-corrected chi connectivity index (χ3v) is 4.94. The standard InChI is InChI=1S/C19H23N3O2/c1-24-14-9-8-13(10-14)20-18-11-16(19(23)21-12-6-7-12)15-4-2-3-5-17(15)22-18/h2-5,11-14H,6-10H2,1H3,(H,20,22)(H,21,23). The van der Waals surface area contributed by atoms with Crippen molar-refractivity contribution in [1.82, 2.24) is 10.3 Å². The molecule has 2 fully saturated rings. The zero-order chi connectivity index (χ0) is 16.5. The maximum absolute atomic E-state index is 12.6. The van der Waals surface area contributed by atoms with E-state index in [0.717, 1.165) is 48.8 Å². The molecule has 126 valence electrons. The van der Waals surface area contributed by atoms with Crippen LogP contribution in [-0.2, 0) is 4.74 Å². The third-order valence-electron chi connectivity index (χ3n) is 4.94. The van der Waals surface area contributed by atoms with Gasteiger partial charge in [-0.3, -0.25) is 4.79 Å². The topological polar surface area (TPSA) is 63.2 Å². The third kappa shape index (κ3) is 3.22. The molecule has 0 aliphatic heterocycles. The fraction of sp³-hybridized carbons (Fsp3) is 0.474. The predicted molar refractivity (Wildman–Crippen MR) is 94.3 cm³/mol. The van der Waals surface area contributed by atoms with Gasteiger partial charge < -0.3 is 15.4 Å². The summed E-state index contributed by atoms with van der Waals surface area (Å²) in [5, 5.41) is 7.48. The molecule has 1 amide bonds. The highest BCUT2D eigenvalue weighted by molar-refractivity contribution is 6.07. The fourth-order valence-electron chi connectivity index (χ4n) is 3.42. The number of nitrogens with one attached hydrogen (secondary N) is 2. The first kappa shape index (κ1) is 15.4. The van der Waals surface area contributed by atoms with Crippen molar-refractivity contribution in [2.45, 2.75) is 50.3 Å². The molecular weight excluding hydrogens is 302 g/mol. The van der Waals surface area contributed by atoms with E-state index in [4.69, 9.17) is 9.72 Å². The van der Waals surface area contributed by atoms with Gasteiger partial charge in [-0.05, 0) is 44.2 Å². The highest BCUT2D eigenvalue weighted by Crippen LogP contribution is 2.27. The van der Waals surface area contributed by atoms with Crippen LogP contribution in [0.2, 0.25) is 0 Å². The molecule has 1 aromatic carbocycles. The molecule has 0 spiro atoms. The quantitative estimate of drug-likeness (QED) is 0.887. The molecule has 2 aliphatic rings. The molecule has 2 atom stereocenters. The molecule has 0 radical (unpaired) electrons. The number of benzene rings is 1. The van der Waals surface area contributed by atoms with Crippen LogP contribution in [0.15, 0.2) is 30.3 Å². The van der Waals surface area contributed by atoms with E-state index in [1.165, 1.54) is 0 Å². The summed E-state index contributed by atoms with van der Waals surface area (Å²) in [4.78, 5) is 17.3. The SMILES string of the molecule is COC1CCC(Nc2cc(C(=O)NC3CC3)c3ccccc3n2)C1. The lowest BCUT2D eigenvalue weighted by Crippen LogP contribution is -2.26. The van der Waals surface area contributed by atoms with Crippen molar-refractivity contribution in [2.75, 3.05) is 12.4 Å². The highest BCUT2D eigenvalue weighted by Gasteiger charge is 2.27. The highest BCUT2D eigenvalue weighted by atomic mass is 16.5. The van der Waals surface area contributed by atoms with Gasteiger partial charge in [0.25, 0.3) is 5.91 Å². The molecule has 1 aromatic heterocycles. The minimum Gasteiger partial charge on any atom is -0.381 e. The number of methoxy groups -OCH3 is 1. The van der Waals surface area contributed by atoms with Crippen LogP contribution in [-0.4, -0.2) is 36.2 Å². The predicted octanol–water partition coefficient (Wildman–Crippen LogP) is 3.11. The normalized spacial score (nSPS) is 23.4. The van der Waals surface area contributed by atoms with E-state index in [1.54, 1.807) is 7.11 Å². The fourth-order valence-corrected chi connectivity index (χ4v) is 3.42. The van der Waals surface area contributed by atoms with Gasteiger partial charge in [-0.15, -0.1) is 0 Å². The summed E-state index contributed by atoms with van der Waals surface area (Å²) in [7, 11) is 1.77. The van der Waals surface area contributed by atoms with Crippen LogP contribution < -0.4 is 10.6 Å². The van der Waals surface area contributed by atoms with Crippen molar-refractivity contribution in [2.24, 2.45) is 0 Å². The summed E-state index contributed by atoms with van der Waals surface area (Å²) in [5.41, 5.74) is 1.56. The Hall–Kier alpha value is -2.14. The molecule has 2 saturated carbocycles. The monoisotopic (exact) mass is 325 g/mol. The molecule has 5 heteroatoms. The average Bonchev–Trinajstić information content (AvgIpc) is 3.30. The van der Waals surface area contributed by atoms with E-state index >= 15 is 0 Å². The zero-order valence-corrected chi connectivity index (χ0v) is 13.9. The lowest BCUT2D eigenvalue weighted by Gasteiger charge is -2.16. The van der Waals surface area contributed by atoms with Crippen molar-refractivity contribution >= 4 is 22.6 Å². The van der Waals surface area contributed by atoms with E-state index in [0.29, 0.717) is 23.8 Å². The number of ether oxygens (including phenoxy) is 1. The molecule has 2 unspecified atom stereocenters. The second-order valence-electron chi connectivity index (χ2n) is 6.83. The second kappa shape index (κ2) is 6.40. The van der Waals surface area contributed by atoms with Crippen molar-refractivity contribution in [3.8, 4) is 0 Å². The summed E-state index contributed by atoms with van der Waals surface area (Å²) in [6.45, 7) is 0. The van der Waals surface area contributed by atoms with Gasteiger partial charge >= 0.3 is 0 Å². The van der Waals surface area contributed by atoms with Crippen LogP contribution >= 0.6 is 0 Å². The van der Waals surface area contributed by atoms with Crippen molar-refractivity contribution in [3.05, 3.63) is 35.9 Å². The first-order valence-electron chi connectivity index (χ1n) is 8.73. The molecule has 2 aliphatic carbocycles. The Morgan fingerprint density at radius 2 is 1.96 bits per heavy atom. The average molecular weight is 325 g/mol. The Kier molecular flexibility index (Phi) is 4.10. The molecule has 0 saturated heterocycles. The van der Waals surface area contributed by atoms with E-state index in [9.17, 15) is 4.79 Å². The Morgan fingerprint density at radius 3 is 2.71 bits per heavy atom. The maximum Gasteiger partial charge on any atom is 0.252 e. The number of para-hydroxylation sites is 1. The number of fused-ring (bicyclic) bond motifs is 1. The Balaban J connectivity index is 1.62. The van der Waals surface area contributed by atoms with Crippen LogP contribution in [0.4, 0.5) is 5.82 Å². The number of carbonyl (C=O) groups excluding carboxylic acids is 1. The van der Waals surface area contributed by atoms with Gasteiger partial charge in [0, 0.05) is 24.6 Å². The maximum atomic E-state index is 12.6. The van der Waals surface area contributed by atoms with E-state index in [-0.39, 0.29) is 5.91 Å². The van der Waals surface area contributed by atoms with Gasteiger partial charge in [0.2, 0.25) is 0 Å². The molecule has 1 heterocycles. The van der Waals surface area contributed by atoms with E-state index in [1.807, 2.05) is 30.3 Å². The smallest absolute Gasteiger partial charge is 0.252 e.